The first-order valence-corrected chi connectivity index (χ1v) is 8.99. The first kappa shape index (κ1) is 19.1. The van der Waals surface area contributed by atoms with Gasteiger partial charge in [-0.2, -0.15) is 0 Å². The largest absolute Gasteiger partial charge is 0.453 e. The van der Waals surface area contributed by atoms with Gasteiger partial charge in [0.1, 0.15) is 0 Å². The van der Waals surface area contributed by atoms with E-state index in [1.807, 2.05) is 0 Å². The van der Waals surface area contributed by atoms with Crippen LogP contribution in [0.2, 0.25) is 0 Å². The smallest absolute Gasteiger partial charge is 0.348 e. The molecule has 0 aromatic heterocycles. The Labute approximate surface area is 158 Å². The number of hydrogen-bond donors (Lipinski definition) is 2. The molecule has 1 aliphatic rings. The van der Waals surface area contributed by atoms with Crippen LogP contribution in [0.15, 0.2) is 60.7 Å². The van der Waals surface area contributed by atoms with E-state index >= 15 is 0 Å². The van der Waals surface area contributed by atoms with Gasteiger partial charge in [0, 0.05) is 13.2 Å². The van der Waals surface area contributed by atoms with E-state index < -0.39 is 24.1 Å². The average Bonchev–Trinajstić information content (AvgIpc) is 3.25. The lowest BCUT2D eigenvalue weighted by molar-refractivity contribution is -0.164. The third kappa shape index (κ3) is 4.53. The minimum atomic E-state index is -1.99. The summed E-state index contributed by atoms with van der Waals surface area (Å²) in [5.74, 6) is -1.32. The van der Waals surface area contributed by atoms with Crippen LogP contribution in [0.25, 0.3) is 0 Å². The molecular formula is C21H23NO5. The van der Waals surface area contributed by atoms with Crippen LogP contribution in [0.3, 0.4) is 0 Å². The van der Waals surface area contributed by atoms with E-state index in [-0.39, 0.29) is 6.10 Å². The van der Waals surface area contributed by atoms with Gasteiger partial charge in [0.2, 0.25) is 5.60 Å². The number of hydrogen-bond acceptors (Lipinski definition) is 5. The maximum Gasteiger partial charge on any atom is 0.348 e. The van der Waals surface area contributed by atoms with Gasteiger partial charge in [-0.15, -0.1) is 0 Å². The predicted molar refractivity (Wildman–Crippen MR) is 98.8 cm³/mol. The molecule has 2 N–H and O–H groups in total. The van der Waals surface area contributed by atoms with E-state index in [1.54, 1.807) is 60.7 Å². The lowest BCUT2D eigenvalue weighted by Gasteiger charge is -2.27. The molecule has 3 rings (SSSR count). The molecule has 0 bridgehead atoms. The van der Waals surface area contributed by atoms with Crippen molar-refractivity contribution >= 4 is 11.9 Å². The molecule has 1 saturated heterocycles. The Morgan fingerprint density at radius 3 is 2.19 bits per heavy atom. The number of esters is 1. The van der Waals surface area contributed by atoms with Gasteiger partial charge in [0.05, 0.1) is 6.10 Å². The van der Waals surface area contributed by atoms with Crippen molar-refractivity contribution < 1.29 is 24.2 Å². The number of ether oxygens (including phenoxy) is 2. The number of carbonyl (C=O) groups is 2. The van der Waals surface area contributed by atoms with E-state index in [4.69, 9.17) is 9.47 Å². The Kier molecular flexibility index (Phi) is 6.21. The number of nitrogens with one attached hydrogen (secondary N) is 1. The van der Waals surface area contributed by atoms with E-state index in [0.29, 0.717) is 24.3 Å². The molecule has 1 fully saturated rings. The molecule has 1 atom stereocenters. The van der Waals surface area contributed by atoms with Gasteiger partial charge in [-0.1, -0.05) is 60.7 Å². The first-order chi connectivity index (χ1) is 13.1. The minimum Gasteiger partial charge on any atom is -0.453 e. The SMILES string of the molecule is O=C(COC(=O)C(O)(c1ccccc1)c1ccccc1)NC[C@@H]1CCCO1. The molecule has 1 amide bonds. The number of benzene rings is 2. The van der Waals surface area contributed by atoms with Crippen molar-refractivity contribution in [2.75, 3.05) is 19.8 Å². The van der Waals surface area contributed by atoms with E-state index in [0.717, 1.165) is 12.8 Å². The summed E-state index contributed by atoms with van der Waals surface area (Å²) in [5, 5.41) is 13.9. The van der Waals surface area contributed by atoms with Gasteiger partial charge in [-0.3, -0.25) is 4.79 Å². The highest BCUT2D eigenvalue weighted by Crippen LogP contribution is 2.30. The molecule has 0 aliphatic carbocycles. The Morgan fingerprint density at radius 1 is 1.07 bits per heavy atom. The first-order valence-electron chi connectivity index (χ1n) is 8.99. The highest BCUT2D eigenvalue weighted by atomic mass is 16.6. The zero-order valence-corrected chi connectivity index (χ0v) is 15.0. The normalized spacial score (nSPS) is 16.7. The second-order valence-electron chi connectivity index (χ2n) is 6.46. The van der Waals surface area contributed by atoms with Gasteiger partial charge in [-0.05, 0) is 24.0 Å². The van der Waals surface area contributed by atoms with Crippen LogP contribution in [0.4, 0.5) is 0 Å². The highest BCUT2D eigenvalue weighted by molar-refractivity contribution is 5.88. The molecule has 27 heavy (non-hydrogen) atoms. The molecule has 6 nitrogen and oxygen atoms in total. The van der Waals surface area contributed by atoms with Crippen molar-refractivity contribution in [2.45, 2.75) is 24.5 Å². The topological polar surface area (TPSA) is 84.9 Å². The summed E-state index contributed by atoms with van der Waals surface area (Å²) in [7, 11) is 0. The lowest BCUT2D eigenvalue weighted by Crippen LogP contribution is -2.41. The van der Waals surface area contributed by atoms with Crippen LogP contribution in [0, 0.1) is 0 Å². The van der Waals surface area contributed by atoms with Crippen LogP contribution in [-0.2, 0) is 24.7 Å². The molecule has 2 aromatic rings. The van der Waals surface area contributed by atoms with Crippen molar-refractivity contribution in [3.63, 3.8) is 0 Å². The summed E-state index contributed by atoms with van der Waals surface area (Å²) in [5.41, 5.74) is -1.24. The second kappa shape index (κ2) is 8.79. The Hall–Kier alpha value is -2.70. The second-order valence-corrected chi connectivity index (χ2v) is 6.46. The quantitative estimate of drug-likeness (QED) is 0.727. The molecule has 0 saturated carbocycles. The van der Waals surface area contributed by atoms with Gasteiger partial charge in [0.15, 0.2) is 6.61 Å². The van der Waals surface area contributed by atoms with Gasteiger partial charge in [-0.25, -0.2) is 4.79 Å². The third-order valence-corrected chi connectivity index (χ3v) is 4.56. The highest BCUT2D eigenvalue weighted by Gasteiger charge is 2.41. The van der Waals surface area contributed by atoms with Gasteiger partial charge in [0.25, 0.3) is 5.91 Å². The lowest BCUT2D eigenvalue weighted by atomic mass is 9.86. The van der Waals surface area contributed by atoms with E-state index in [9.17, 15) is 14.7 Å². The molecular weight excluding hydrogens is 346 g/mol. The molecule has 6 heteroatoms. The number of rotatable bonds is 7. The fourth-order valence-electron chi connectivity index (χ4n) is 3.08. The van der Waals surface area contributed by atoms with Crippen LogP contribution >= 0.6 is 0 Å². The molecule has 2 aromatic carbocycles. The summed E-state index contributed by atoms with van der Waals surface area (Å²) in [6, 6.07) is 17.1. The summed E-state index contributed by atoms with van der Waals surface area (Å²) < 4.78 is 10.6. The third-order valence-electron chi connectivity index (χ3n) is 4.56. The van der Waals surface area contributed by atoms with Crippen LogP contribution < -0.4 is 5.32 Å². The molecule has 1 heterocycles. The van der Waals surface area contributed by atoms with Crippen LogP contribution in [-0.4, -0.2) is 42.8 Å². The summed E-state index contributed by atoms with van der Waals surface area (Å²) in [6.07, 6.45) is 1.90. The summed E-state index contributed by atoms with van der Waals surface area (Å²) >= 11 is 0. The molecule has 0 unspecified atom stereocenters. The van der Waals surface area contributed by atoms with Crippen molar-refractivity contribution in [2.24, 2.45) is 0 Å². The maximum atomic E-state index is 12.8. The molecule has 0 spiro atoms. The van der Waals surface area contributed by atoms with E-state index in [1.165, 1.54) is 0 Å². The predicted octanol–water partition coefficient (Wildman–Crippen LogP) is 1.76. The zero-order valence-electron chi connectivity index (χ0n) is 15.0. The summed E-state index contributed by atoms with van der Waals surface area (Å²) in [4.78, 5) is 24.7. The Morgan fingerprint density at radius 2 is 1.67 bits per heavy atom. The van der Waals surface area contributed by atoms with Crippen LogP contribution in [0.1, 0.15) is 24.0 Å². The van der Waals surface area contributed by atoms with Crippen molar-refractivity contribution in [3.05, 3.63) is 71.8 Å². The number of amides is 1. The maximum absolute atomic E-state index is 12.8. The average molecular weight is 369 g/mol. The Bertz CT molecular complexity index is 717. The van der Waals surface area contributed by atoms with Crippen molar-refractivity contribution in [1.82, 2.24) is 5.32 Å². The fourth-order valence-corrected chi connectivity index (χ4v) is 3.08. The van der Waals surface area contributed by atoms with E-state index in [2.05, 4.69) is 5.32 Å². The van der Waals surface area contributed by atoms with Gasteiger partial charge >= 0.3 is 5.97 Å². The number of carbonyl (C=O) groups excluding carboxylic acids is 2. The zero-order chi connectivity index (χ0) is 19.1. The standard InChI is InChI=1S/C21H23NO5/c23-19(22-14-18-12-7-13-26-18)15-27-20(24)21(25,16-8-3-1-4-9-16)17-10-5-2-6-11-17/h1-6,8-11,18,25H,7,12-15H2,(H,22,23)/t18-/m0/s1. The monoisotopic (exact) mass is 369 g/mol. The van der Waals surface area contributed by atoms with Crippen molar-refractivity contribution in [3.8, 4) is 0 Å². The van der Waals surface area contributed by atoms with Gasteiger partial charge < -0.3 is 19.9 Å². The molecule has 1 aliphatic heterocycles. The Balaban J connectivity index is 1.67. The summed E-state index contributed by atoms with van der Waals surface area (Å²) in [6.45, 7) is 0.627. The van der Waals surface area contributed by atoms with Crippen molar-refractivity contribution in [1.29, 1.82) is 0 Å². The molecule has 142 valence electrons. The minimum absolute atomic E-state index is 0.00946. The number of aliphatic hydroxyl groups is 1. The fraction of sp³-hybridized carbons (Fsp3) is 0.333. The van der Waals surface area contributed by atoms with Crippen LogP contribution in [0.5, 0.6) is 0 Å². The molecule has 0 radical (unpaired) electrons.